The molecule has 0 spiro atoms. The van der Waals surface area contributed by atoms with Crippen molar-refractivity contribution in [2.24, 2.45) is 5.73 Å². The van der Waals surface area contributed by atoms with Gasteiger partial charge in [0.25, 0.3) is 5.91 Å². The summed E-state index contributed by atoms with van der Waals surface area (Å²) in [6.07, 6.45) is 2.42. The van der Waals surface area contributed by atoms with Crippen molar-refractivity contribution in [3.8, 4) is 11.4 Å². The maximum absolute atomic E-state index is 11.9. The highest BCUT2D eigenvalue weighted by molar-refractivity contribution is 6.03. The monoisotopic (exact) mass is 445 g/mol. The van der Waals surface area contributed by atoms with Crippen molar-refractivity contribution in [2.75, 3.05) is 40.0 Å². The molecule has 4 rings (SSSR count). The third-order valence-corrected chi connectivity index (χ3v) is 5.35. The number of fused-ring (bicyclic) bond motifs is 1. The van der Waals surface area contributed by atoms with E-state index in [0.29, 0.717) is 29.9 Å². The standard InChI is InChI=1S/C22H27N5O3.ClH/c1-29-12-2-9-27-21(25-19-18(20(23)28)7-8-24-22(19)27)17-5-3-16(4-6-17)15-26-10-13-30-14-11-26;/h3-8H,2,9-15H2,1H3,(H2,23,28);1H. The second-order valence-electron chi connectivity index (χ2n) is 7.41. The summed E-state index contributed by atoms with van der Waals surface area (Å²) in [5, 5.41) is 0. The highest BCUT2D eigenvalue weighted by Gasteiger charge is 2.18. The Kier molecular flexibility index (Phi) is 7.97. The van der Waals surface area contributed by atoms with Crippen LogP contribution < -0.4 is 5.73 Å². The van der Waals surface area contributed by atoms with E-state index in [0.717, 1.165) is 50.7 Å². The Morgan fingerprint density at radius 2 is 1.94 bits per heavy atom. The van der Waals surface area contributed by atoms with Crippen molar-refractivity contribution in [3.05, 3.63) is 47.7 Å². The molecular weight excluding hydrogens is 418 g/mol. The van der Waals surface area contributed by atoms with Crippen LogP contribution in [0.25, 0.3) is 22.6 Å². The fraction of sp³-hybridized carbons (Fsp3) is 0.409. The first-order valence-corrected chi connectivity index (χ1v) is 10.2. The molecule has 0 bridgehead atoms. The molecule has 1 aliphatic heterocycles. The molecule has 0 unspecified atom stereocenters. The number of nitrogens with zero attached hydrogens (tertiary/aromatic N) is 4. The zero-order valence-corrected chi connectivity index (χ0v) is 18.4. The lowest BCUT2D eigenvalue weighted by molar-refractivity contribution is 0.0342. The number of nitrogens with two attached hydrogens (primary N) is 1. The van der Waals surface area contributed by atoms with E-state index >= 15 is 0 Å². The third-order valence-electron chi connectivity index (χ3n) is 5.35. The van der Waals surface area contributed by atoms with Crippen LogP contribution in [-0.4, -0.2) is 65.4 Å². The number of hydrogen-bond donors (Lipinski definition) is 1. The lowest BCUT2D eigenvalue weighted by Crippen LogP contribution is -2.35. The predicted molar refractivity (Wildman–Crippen MR) is 121 cm³/mol. The predicted octanol–water partition coefficient (Wildman–Crippen LogP) is 2.49. The Morgan fingerprint density at radius 3 is 2.61 bits per heavy atom. The van der Waals surface area contributed by atoms with Gasteiger partial charge < -0.3 is 19.8 Å². The quantitative estimate of drug-likeness (QED) is 0.535. The van der Waals surface area contributed by atoms with Crippen molar-refractivity contribution in [1.29, 1.82) is 0 Å². The Morgan fingerprint density at radius 1 is 1.19 bits per heavy atom. The molecule has 9 heteroatoms. The van der Waals surface area contributed by atoms with Crippen LogP contribution in [0.15, 0.2) is 36.5 Å². The van der Waals surface area contributed by atoms with Crippen LogP contribution in [0.2, 0.25) is 0 Å². The third kappa shape index (κ3) is 5.22. The lowest BCUT2D eigenvalue weighted by Gasteiger charge is -2.26. The van der Waals surface area contributed by atoms with Gasteiger partial charge in [-0.15, -0.1) is 12.4 Å². The van der Waals surface area contributed by atoms with Gasteiger partial charge in [-0.1, -0.05) is 24.3 Å². The number of benzene rings is 1. The number of aryl methyl sites for hydroxylation is 1. The van der Waals surface area contributed by atoms with E-state index in [4.69, 9.17) is 20.2 Å². The minimum absolute atomic E-state index is 0. The minimum atomic E-state index is -0.503. The van der Waals surface area contributed by atoms with E-state index in [9.17, 15) is 4.79 Å². The first-order chi connectivity index (χ1) is 14.7. The van der Waals surface area contributed by atoms with E-state index in [2.05, 4.69) is 34.1 Å². The molecule has 0 aliphatic carbocycles. The van der Waals surface area contributed by atoms with Gasteiger partial charge >= 0.3 is 0 Å². The Labute approximate surface area is 187 Å². The van der Waals surface area contributed by atoms with Crippen molar-refractivity contribution < 1.29 is 14.3 Å². The first kappa shape index (κ1) is 23.1. The molecule has 1 aliphatic rings. The molecule has 2 aromatic heterocycles. The topological polar surface area (TPSA) is 95.5 Å². The second kappa shape index (κ2) is 10.7. The molecule has 31 heavy (non-hydrogen) atoms. The van der Waals surface area contributed by atoms with E-state index < -0.39 is 5.91 Å². The van der Waals surface area contributed by atoms with Crippen molar-refractivity contribution in [1.82, 2.24) is 19.4 Å². The maximum Gasteiger partial charge on any atom is 0.251 e. The largest absolute Gasteiger partial charge is 0.385 e. The summed E-state index contributed by atoms with van der Waals surface area (Å²) in [6, 6.07) is 10.0. The van der Waals surface area contributed by atoms with Gasteiger partial charge in [0.2, 0.25) is 0 Å². The van der Waals surface area contributed by atoms with E-state index in [1.165, 1.54) is 5.56 Å². The average molecular weight is 446 g/mol. The summed E-state index contributed by atoms with van der Waals surface area (Å²) < 4.78 is 12.7. The summed E-state index contributed by atoms with van der Waals surface area (Å²) in [7, 11) is 1.68. The fourth-order valence-corrected chi connectivity index (χ4v) is 3.79. The number of primary amides is 1. The van der Waals surface area contributed by atoms with Crippen molar-refractivity contribution >= 4 is 29.5 Å². The minimum Gasteiger partial charge on any atom is -0.385 e. The van der Waals surface area contributed by atoms with E-state index in [1.54, 1.807) is 19.4 Å². The molecule has 3 heterocycles. The number of hydrogen-bond acceptors (Lipinski definition) is 6. The number of methoxy groups -OCH3 is 1. The molecule has 0 atom stereocenters. The van der Waals surface area contributed by atoms with Gasteiger partial charge in [-0.25, -0.2) is 9.97 Å². The summed E-state index contributed by atoms with van der Waals surface area (Å²) in [5.74, 6) is 0.275. The number of ether oxygens (including phenoxy) is 2. The number of aromatic nitrogens is 3. The molecule has 8 nitrogen and oxygen atoms in total. The number of carbonyl (C=O) groups excluding carboxylic acids is 1. The zero-order valence-electron chi connectivity index (χ0n) is 17.6. The van der Waals surface area contributed by atoms with Crippen molar-refractivity contribution in [2.45, 2.75) is 19.5 Å². The first-order valence-electron chi connectivity index (χ1n) is 10.2. The van der Waals surface area contributed by atoms with Crippen LogP contribution in [0.1, 0.15) is 22.3 Å². The summed E-state index contributed by atoms with van der Waals surface area (Å²) in [6.45, 7) is 5.72. The fourth-order valence-electron chi connectivity index (χ4n) is 3.79. The molecule has 1 amide bonds. The van der Waals surface area contributed by atoms with Gasteiger partial charge in [-0.05, 0) is 18.1 Å². The average Bonchev–Trinajstić information content (AvgIpc) is 3.14. The molecular formula is C22H28ClN5O3. The molecule has 0 radical (unpaired) electrons. The number of morpholine rings is 1. The highest BCUT2D eigenvalue weighted by atomic mass is 35.5. The zero-order chi connectivity index (χ0) is 20.9. The van der Waals surface area contributed by atoms with Crippen LogP contribution in [0.3, 0.4) is 0 Å². The normalized spacial score (nSPS) is 14.5. The number of imidazole rings is 1. The summed E-state index contributed by atoms with van der Waals surface area (Å²) >= 11 is 0. The SMILES string of the molecule is COCCCn1c(-c2ccc(CN3CCOCC3)cc2)nc2c(C(N)=O)ccnc21.Cl. The van der Waals surface area contributed by atoms with Crippen LogP contribution >= 0.6 is 12.4 Å². The number of halogens is 1. The Hall–Kier alpha value is -2.52. The molecule has 0 saturated carbocycles. The summed E-state index contributed by atoms with van der Waals surface area (Å²) in [4.78, 5) is 23.5. The van der Waals surface area contributed by atoms with Gasteiger partial charge in [0.05, 0.1) is 18.8 Å². The van der Waals surface area contributed by atoms with E-state index in [1.807, 2.05) is 4.57 Å². The second-order valence-corrected chi connectivity index (χ2v) is 7.41. The number of rotatable bonds is 8. The number of carbonyl (C=O) groups is 1. The van der Waals surface area contributed by atoms with Gasteiger partial charge in [-0.2, -0.15) is 0 Å². The van der Waals surface area contributed by atoms with Gasteiger partial charge in [0.1, 0.15) is 11.3 Å². The lowest BCUT2D eigenvalue weighted by atomic mass is 10.1. The molecule has 3 aromatic rings. The van der Waals surface area contributed by atoms with Crippen LogP contribution in [0.5, 0.6) is 0 Å². The number of amides is 1. The Bertz CT molecular complexity index is 1020. The highest BCUT2D eigenvalue weighted by Crippen LogP contribution is 2.26. The van der Waals surface area contributed by atoms with Crippen LogP contribution in [0, 0.1) is 0 Å². The Balaban J connectivity index is 0.00000272. The molecule has 1 saturated heterocycles. The van der Waals surface area contributed by atoms with Crippen LogP contribution in [-0.2, 0) is 22.6 Å². The van der Waals surface area contributed by atoms with Gasteiger partial charge in [-0.3, -0.25) is 9.69 Å². The van der Waals surface area contributed by atoms with Crippen LogP contribution in [0.4, 0.5) is 0 Å². The summed E-state index contributed by atoms with van der Waals surface area (Å²) in [5.41, 5.74) is 9.37. The number of pyridine rings is 1. The van der Waals surface area contributed by atoms with Crippen molar-refractivity contribution in [3.63, 3.8) is 0 Å². The molecule has 1 fully saturated rings. The van der Waals surface area contributed by atoms with Gasteiger partial charge in [0, 0.05) is 51.7 Å². The molecule has 166 valence electrons. The molecule has 1 aromatic carbocycles. The molecule has 2 N–H and O–H groups in total. The van der Waals surface area contributed by atoms with E-state index in [-0.39, 0.29) is 12.4 Å². The maximum atomic E-state index is 11.9. The smallest absolute Gasteiger partial charge is 0.251 e. The van der Waals surface area contributed by atoms with Gasteiger partial charge in [0.15, 0.2) is 5.65 Å².